The van der Waals surface area contributed by atoms with Crippen molar-refractivity contribution in [2.45, 2.75) is 26.3 Å². The van der Waals surface area contributed by atoms with Crippen LogP contribution < -0.4 is 10.2 Å². The van der Waals surface area contributed by atoms with E-state index in [1.807, 2.05) is 31.2 Å². The predicted molar refractivity (Wildman–Crippen MR) is 105 cm³/mol. The normalized spacial score (nSPS) is 14.1. The highest BCUT2D eigenvalue weighted by molar-refractivity contribution is 6.31. The van der Waals surface area contributed by atoms with Crippen molar-refractivity contribution in [1.29, 1.82) is 0 Å². The van der Waals surface area contributed by atoms with Crippen LogP contribution in [0.25, 0.3) is 11.0 Å². The summed E-state index contributed by atoms with van der Waals surface area (Å²) in [6.45, 7) is 2.99. The van der Waals surface area contributed by atoms with Gasteiger partial charge in [-0.15, -0.1) is 0 Å². The fourth-order valence-corrected chi connectivity index (χ4v) is 3.56. The van der Waals surface area contributed by atoms with Crippen molar-refractivity contribution in [3.63, 3.8) is 0 Å². The molecule has 1 aromatic heterocycles. The summed E-state index contributed by atoms with van der Waals surface area (Å²) in [5.41, 5.74) is 3.27. The Kier molecular flexibility index (Phi) is 4.62. The van der Waals surface area contributed by atoms with Crippen LogP contribution >= 0.6 is 11.6 Å². The molecule has 0 radical (unpaired) electrons. The zero-order valence-corrected chi connectivity index (χ0v) is 15.7. The van der Waals surface area contributed by atoms with Crippen LogP contribution in [0, 0.1) is 6.92 Å². The molecule has 27 heavy (non-hydrogen) atoms. The topological polar surface area (TPSA) is 62.6 Å². The lowest BCUT2D eigenvalue weighted by Crippen LogP contribution is -2.24. The zero-order valence-electron chi connectivity index (χ0n) is 14.9. The second kappa shape index (κ2) is 7.08. The lowest BCUT2D eigenvalue weighted by Gasteiger charge is -2.16. The highest BCUT2D eigenvalue weighted by Gasteiger charge is 2.21. The maximum Gasteiger partial charge on any atom is 0.287 e. The number of fused-ring (bicyclic) bond motifs is 1. The summed E-state index contributed by atoms with van der Waals surface area (Å²) in [7, 11) is 0. The first kappa shape index (κ1) is 17.6. The van der Waals surface area contributed by atoms with Crippen molar-refractivity contribution in [2.75, 3.05) is 11.4 Å². The van der Waals surface area contributed by atoms with Crippen LogP contribution in [-0.2, 0) is 11.3 Å². The molecule has 4 rings (SSSR count). The van der Waals surface area contributed by atoms with Gasteiger partial charge in [-0.1, -0.05) is 23.7 Å². The number of hydrogen-bond donors (Lipinski definition) is 1. The number of rotatable bonds is 4. The van der Waals surface area contributed by atoms with Gasteiger partial charge in [0.2, 0.25) is 5.91 Å². The molecule has 1 aliphatic heterocycles. The minimum Gasteiger partial charge on any atom is -0.451 e. The molecule has 1 N–H and O–H groups in total. The van der Waals surface area contributed by atoms with E-state index in [0.29, 0.717) is 29.3 Å². The highest BCUT2D eigenvalue weighted by atomic mass is 35.5. The molecule has 3 aromatic rings. The number of nitrogens with zero attached hydrogens (tertiary/aromatic N) is 1. The average molecular weight is 383 g/mol. The first-order valence-corrected chi connectivity index (χ1v) is 9.27. The Bertz CT molecular complexity index is 1020. The van der Waals surface area contributed by atoms with E-state index in [2.05, 4.69) is 5.32 Å². The fourth-order valence-electron chi connectivity index (χ4n) is 3.39. The third kappa shape index (κ3) is 3.43. The van der Waals surface area contributed by atoms with Crippen LogP contribution in [0.2, 0.25) is 5.02 Å². The molecular formula is C21H19ClN2O3. The van der Waals surface area contributed by atoms with Crippen molar-refractivity contribution in [3.05, 3.63) is 64.4 Å². The molecule has 0 bridgehead atoms. The average Bonchev–Trinajstić information content (AvgIpc) is 3.24. The molecule has 6 heteroatoms. The Morgan fingerprint density at radius 1 is 1.22 bits per heavy atom. The predicted octanol–water partition coefficient (Wildman–Crippen LogP) is 4.45. The maximum atomic E-state index is 12.5. The number of amides is 2. The molecule has 0 unspecified atom stereocenters. The Labute approximate surface area is 161 Å². The van der Waals surface area contributed by atoms with E-state index in [9.17, 15) is 9.59 Å². The summed E-state index contributed by atoms with van der Waals surface area (Å²) in [6, 6.07) is 13.0. The summed E-state index contributed by atoms with van der Waals surface area (Å²) in [5.74, 6) is 0.196. The van der Waals surface area contributed by atoms with Gasteiger partial charge in [0, 0.05) is 41.2 Å². The van der Waals surface area contributed by atoms with Crippen LogP contribution in [0.1, 0.15) is 34.5 Å². The molecule has 2 heterocycles. The molecule has 138 valence electrons. The smallest absolute Gasteiger partial charge is 0.287 e. The molecule has 2 amide bonds. The minimum absolute atomic E-state index is 0.163. The Morgan fingerprint density at radius 2 is 2.00 bits per heavy atom. The number of carbonyl (C=O) groups is 2. The van der Waals surface area contributed by atoms with E-state index in [0.717, 1.165) is 35.2 Å². The second-order valence-corrected chi connectivity index (χ2v) is 7.13. The van der Waals surface area contributed by atoms with Gasteiger partial charge in [-0.3, -0.25) is 9.59 Å². The summed E-state index contributed by atoms with van der Waals surface area (Å²) in [4.78, 5) is 26.1. The van der Waals surface area contributed by atoms with Gasteiger partial charge < -0.3 is 14.6 Å². The maximum absolute atomic E-state index is 12.5. The SMILES string of the molecule is Cc1c(C(=O)NCc2ccc(N3CCCC3=O)cc2)oc2ccc(Cl)cc12. The largest absolute Gasteiger partial charge is 0.451 e. The Balaban J connectivity index is 1.45. The third-order valence-corrected chi connectivity index (χ3v) is 5.11. The first-order valence-electron chi connectivity index (χ1n) is 8.89. The van der Waals surface area contributed by atoms with Crippen LogP contribution in [-0.4, -0.2) is 18.4 Å². The van der Waals surface area contributed by atoms with E-state index in [1.54, 1.807) is 23.1 Å². The van der Waals surface area contributed by atoms with Crippen LogP contribution in [0.15, 0.2) is 46.9 Å². The molecule has 1 aliphatic rings. The zero-order chi connectivity index (χ0) is 19.0. The van der Waals surface area contributed by atoms with Crippen molar-refractivity contribution in [1.82, 2.24) is 5.32 Å². The van der Waals surface area contributed by atoms with E-state index >= 15 is 0 Å². The molecular weight excluding hydrogens is 364 g/mol. The summed E-state index contributed by atoms with van der Waals surface area (Å²) < 4.78 is 5.69. The molecule has 5 nitrogen and oxygen atoms in total. The van der Waals surface area contributed by atoms with Gasteiger partial charge in [-0.2, -0.15) is 0 Å². The first-order chi connectivity index (χ1) is 13.0. The summed E-state index contributed by atoms with van der Waals surface area (Å²) in [5, 5.41) is 4.33. The molecule has 2 aromatic carbocycles. The van der Waals surface area contributed by atoms with E-state index in [4.69, 9.17) is 16.0 Å². The minimum atomic E-state index is -0.265. The number of hydrogen-bond acceptors (Lipinski definition) is 3. The summed E-state index contributed by atoms with van der Waals surface area (Å²) in [6.07, 6.45) is 1.51. The Hall–Kier alpha value is -2.79. The van der Waals surface area contributed by atoms with Crippen molar-refractivity contribution in [2.24, 2.45) is 0 Å². The molecule has 1 fully saturated rings. The van der Waals surface area contributed by atoms with Gasteiger partial charge >= 0.3 is 0 Å². The number of benzene rings is 2. The second-order valence-electron chi connectivity index (χ2n) is 6.69. The summed E-state index contributed by atoms with van der Waals surface area (Å²) >= 11 is 6.02. The lowest BCUT2D eigenvalue weighted by atomic mass is 10.1. The van der Waals surface area contributed by atoms with Crippen molar-refractivity contribution in [3.8, 4) is 0 Å². The van der Waals surface area contributed by atoms with Crippen LogP contribution in [0.3, 0.4) is 0 Å². The molecule has 1 saturated heterocycles. The fraction of sp³-hybridized carbons (Fsp3) is 0.238. The Morgan fingerprint density at radius 3 is 2.70 bits per heavy atom. The molecule has 0 spiro atoms. The van der Waals surface area contributed by atoms with Gasteiger partial charge in [0.15, 0.2) is 5.76 Å². The highest BCUT2D eigenvalue weighted by Crippen LogP contribution is 2.28. The van der Waals surface area contributed by atoms with Crippen LogP contribution in [0.4, 0.5) is 5.69 Å². The van der Waals surface area contributed by atoms with Gasteiger partial charge in [-0.05, 0) is 49.2 Å². The van der Waals surface area contributed by atoms with E-state index in [1.165, 1.54) is 0 Å². The van der Waals surface area contributed by atoms with E-state index < -0.39 is 0 Å². The number of furan rings is 1. The molecule has 0 atom stereocenters. The monoisotopic (exact) mass is 382 g/mol. The van der Waals surface area contributed by atoms with Gasteiger partial charge in [0.25, 0.3) is 5.91 Å². The standard InChI is InChI=1S/C21H19ClN2O3/c1-13-17-11-15(22)6-9-18(17)27-20(13)21(26)23-12-14-4-7-16(8-5-14)24-10-2-3-19(24)25/h4-9,11H,2-3,10,12H2,1H3,(H,23,26). The van der Waals surface area contributed by atoms with Crippen molar-refractivity contribution >= 4 is 40.1 Å². The van der Waals surface area contributed by atoms with Crippen molar-refractivity contribution < 1.29 is 14.0 Å². The molecule has 0 saturated carbocycles. The lowest BCUT2D eigenvalue weighted by molar-refractivity contribution is -0.117. The van der Waals surface area contributed by atoms with Gasteiger partial charge in [0.05, 0.1) is 0 Å². The number of nitrogens with one attached hydrogen (secondary N) is 1. The number of anilines is 1. The van der Waals surface area contributed by atoms with Crippen LogP contribution in [0.5, 0.6) is 0 Å². The third-order valence-electron chi connectivity index (χ3n) is 4.88. The van der Waals surface area contributed by atoms with Gasteiger partial charge in [0.1, 0.15) is 5.58 Å². The number of halogens is 1. The number of aryl methyl sites for hydroxylation is 1. The quantitative estimate of drug-likeness (QED) is 0.725. The molecule has 0 aliphatic carbocycles. The van der Waals surface area contributed by atoms with E-state index in [-0.39, 0.29) is 11.8 Å². The number of carbonyl (C=O) groups excluding carboxylic acids is 2. The van der Waals surface area contributed by atoms with Gasteiger partial charge in [-0.25, -0.2) is 0 Å².